The van der Waals surface area contributed by atoms with Crippen LogP contribution in [0.4, 0.5) is 11.4 Å². The minimum atomic E-state index is -0.410. The zero-order chi connectivity index (χ0) is 15.2. The molecule has 0 aromatic heterocycles. The predicted octanol–water partition coefficient (Wildman–Crippen LogP) is 2.79. The molecule has 1 aliphatic heterocycles. The van der Waals surface area contributed by atoms with Crippen molar-refractivity contribution in [1.29, 1.82) is 0 Å². The molecule has 21 heavy (non-hydrogen) atoms. The fourth-order valence-corrected chi connectivity index (χ4v) is 2.48. The first-order valence-corrected chi connectivity index (χ1v) is 7.46. The summed E-state index contributed by atoms with van der Waals surface area (Å²) in [5.74, 6) is 0.921. The van der Waals surface area contributed by atoms with Crippen LogP contribution in [0, 0.1) is 16.0 Å². The van der Waals surface area contributed by atoms with Gasteiger partial charge in [-0.1, -0.05) is 0 Å². The van der Waals surface area contributed by atoms with E-state index in [-0.39, 0.29) is 11.8 Å². The number of ether oxygens (including phenoxy) is 1. The van der Waals surface area contributed by atoms with E-state index in [1.807, 2.05) is 13.8 Å². The smallest absolute Gasteiger partial charge is 0.311 e. The Morgan fingerprint density at radius 1 is 1.52 bits per heavy atom. The van der Waals surface area contributed by atoms with Gasteiger partial charge in [-0.15, -0.1) is 0 Å². The van der Waals surface area contributed by atoms with Crippen LogP contribution in [0.5, 0.6) is 5.75 Å². The molecule has 1 atom stereocenters. The van der Waals surface area contributed by atoms with E-state index in [1.165, 1.54) is 18.9 Å². The molecule has 1 fully saturated rings. The van der Waals surface area contributed by atoms with Crippen LogP contribution >= 0.6 is 0 Å². The van der Waals surface area contributed by atoms with E-state index in [4.69, 9.17) is 4.74 Å². The van der Waals surface area contributed by atoms with Gasteiger partial charge >= 0.3 is 5.69 Å². The number of hydrogen-bond donors (Lipinski definition) is 2. The highest BCUT2D eigenvalue weighted by Crippen LogP contribution is 2.31. The fourth-order valence-electron chi connectivity index (χ4n) is 2.48. The van der Waals surface area contributed by atoms with Crippen molar-refractivity contribution >= 4 is 11.4 Å². The first kappa shape index (κ1) is 15.6. The van der Waals surface area contributed by atoms with Gasteiger partial charge in [0.1, 0.15) is 0 Å². The minimum absolute atomic E-state index is 0.00795. The molecule has 1 aromatic rings. The van der Waals surface area contributed by atoms with Crippen molar-refractivity contribution in [1.82, 2.24) is 5.32 Å². The molecule has 0 amide bonds. The van der Waals surface area contributed by atoms with Crippen LogP contribution in [0.15, 0.2) is 18.2 Å². The lowest BCUT2D eigenvalue weighted by molar-refractivity contribution is -0.386. The predicted molar refractivity (Wildman–Crippen MR) is 82.9 cm³/mol. The van der Waals surface area contributed by atoms with Crippen LogP contribution in [0.1, 0.15) is 26.7 Å². The maximum absolute atomic E-state index is 11.0. The van der Waals surface area contributed by atoms with Gasteiger partial charge in [0.15, 0.2) is 5.75 Å². The van der Waals surface area contributed by atoms with Crippen LogP contribution in [0.25, 0.3) is 0 Å². The maximum Gasteiger partial charge on any atom is 0.311 e. The van der Waals surface area contributed by atoms with Crippen molar-refractivity contribution in [2.75, 3.05) is 25.0 Å². The van der Waals surface area contributed by atoms with Gasteiger partial charge in [-0.3, -0.25) is 10.1 Å². The Kier molecular flexibility index (Phi) is 5.38. The first-order valence-electron chi connectivity index (χ1n) is 7.46. The molecule has 2 rings (SSSR count). The lowest BCUT2D eigenvalue weighted by Crippen LogP contribution is -2.33. The second-order valence-electron chi connectivity index (χ2n) is 5.70. The number of nitrogens with one attached hydrogen (secondary N) is 2. The quantitative estimate of drug-likeness (QED) is 0.623. The highest BCUT2D eigenvalue weighted by atomic mass is 16.6. The van der Waals surface area contributed by atoms with Crippen molar-refractivity contribution in [2.45, 2.75) is 32.8 Å². The van der Waals surface area contributed by atoms with Crippen molar-refractivity contribution in [3.05, 3.63) is 28.3 Å². The molecule has 6 heteroatoms. The van der Waals surface area contributed by atoms with E-state index >= 15 is 0 Å². The summed E-state index contributed by atoms with van der Waals surface area (Å²) in [6.45, 7) is 6.71. The average Bonchev–Trinajstić information content (AvgIpc) is 2.45. The summed E-state index contributed by atoms with van der Waals surface area (Å²) in [7, 11) is 0. The summed E-state index contributed by atoms with van der Waals surface area (Å²) in [6, 6.07) is 4.95. The Labute approximate surface area is 125 Å². The van der Waals surface area contributed by atoms with Gasteiger partial charge in [0.2, 0.25) is 0 Å². The zero-order valence-corrected chi connectivity index (χ0v) is 12.6. The maximum atomic E-state index is 11.0. The van der Waals surface area contributed by atoms with Crippen molar-refractivity contribution in [3.63, 3.8) is 0 Å². The summed E-state index contributed by atoms with van der Waals surface area (Å²) in [5, 5.41) is 17.7. The van der Waals surface area contributed by atoms with Crippen molar-refractivity contribution in [2.24, 2.45) is 5.92 Å². The van der Waals surface area contributed by atoms with E-state index < -0.39 is 4.92 Å². The van der Waals surface area contributed by atoms with Gasteiger partial charge in [-0.05, 0) is 51.8 Å². The Hall–Kier alpha value is -1.82. The monoisotopic (exact) mass is 293 g/mol. The zero-order valence-electron chi connectivity index (χ0n) is 12.6. The topological polar surface area (TPSA) is 76.4 Å². The summed E-state index contributed by atoms with van der Waals surface area (Å²) >= 11 is 0. The summed E-state index contributed by atoms with van der Waals surface area (Å²) < 4.78 is 5.55. The Morgan fingerprint density at radius 3 is 2.95 bits per heavy atom. The highest BCUT2D eigenvalue weighted by Gasteiger charge is 2.17. The summed E-state index contributed by atoms with van der Waals surface area (Å²) in [6.07, 6.45) is 2.32. The third-order valence-corrected chi connectivity index (χ3v) is 3.51. The van der Waals surface area contributed by atoms with Gasteiger partial charge in [-0.2, -0.15) is 0 Å². The van der Waals surface area contributed by atoms with Crippen LogP contribution < -0.4 is 15.4 Å². The SMILES string of the molecule is CC(C)Oc1cc(NCC2CCCNC2)ccc1[N+](=O)[O-]. The molecular weight excluding hydrogens is 270 g/mol. The number of hydrogen-bond acceptors (Lipinski definition) is 5. The van der Waals surface area contributed by atoms with E-state index in [9.17, 15) is 10.1 Å². The van der Waals surface area contributed by atoms with Crippen LogP contribution in [0.2, 0.25) is 0 Å². The Balaban J connectivity index is 2.03. The number of anilines is 1. The Morgan fingerprint density at radius 2 is 2.33 bits per heavy atom. The van der Waals surface area contributed by atoms with Gasteiger partial charge in [-0.25, -0.2) is 0 Å². The molecule has 0 bridgehead atoms. The van der Waals surface area contributed by atoms with Gasteiger partial charge in [0.05, 0.1) is 11.0 Å². The molecule has 0 aliphatic carbocycles. The number of nitro groups is 1. The molecule has 0 spiro atoms. The van der Waals surface area contributed by atoms with E-state index in [0.29, 0.717) is 11.7 Å². The molecule has 0 saturated carbocycles. The summed E-state index contributed by atoms with van der Waals surface area (Å²) in [5.41, 5.74) is 0.871. The molecule has 1 unspecified atom stereocenters. The lowest BCUT2D eigenvalue weighted by atomic mass is 10.00. The standard InChI is InChI=1S/C15H23N3O3/c1-11(2)21-15-8-13(5-6-14(15)18(19)20)17-10-12-4-3-7-16-9-12/h5-6,8,11-12,16-17H,3-4,7,9-10H2,1-2H3. The van der Waals surface area contributed by atoms with E-state index in [2.05, 4.69) is 10.6 Å². The van der Waals surface area contributed by atoms with Crippen LogP contribution in [-0.2, 0) is 0 Å². The molecule has 1 aliphatic rings. The highest BCUT2D eigenvalue weighted by molar-refractivity contribution is 5.58. The molecule has 0 radical (unpaired) electrons. The molecular formula is C15H23N3O3. The normalized spacial score (nSPS) is 18.5. The first-order chi connectivity index (χ1) is 10.1. The van der Waals surface area contributed by atoms with Gasteiger partial charge < -0.3 is 15.4 Å². The van der Waals surface area contributed by atoms with Crippen LogP contribution in [-0.4, -0.2) is 30.7 Å². The van der Waals surface area contributed by atoms with Crippen molar-refractivity contribution < 1.29 is 9.66 Å². The number of nitrogens with zero attached hydrogens (tertiary/aromatic N) is 1. The van der Waals surface area contributed by atoms with Crippen molar-refractivity contribution in [3.8, 4) is 5.75 Å². The molecule has 116 valence electrons. The van der Waals surface area contributed by atoms with E-state index in [0.717, 1.165) is 25.3 Å². The summed E-state index contributed by atoms with van der Waals surface area (Å²) in [4.78, 5) is 10.6. The Bertz CT molecular complexity index is 485. The average molecular weight is 293 g/mol. The molecule has 6 nitrogen and oxygen atoms in total. The molecule has 1 aromatic carbocycles. The van der Waals surface area contributed by atoms with E-state index in [1.54, 1.807) is 12.1 Å². The molecule has 1 saturated heterocycles. The molecule has 2 N–H and O–H groups in total. The largest absolute Gasteiger partial charge is 0.484 e. The number of benzene rings is 1. The third-order valence-electron chi connectivity index (χ3n) is 3.51. The van der Waals surface area contributed by atoms with Crippen LogP contribution in [0.3, 0.4) is 0 Å². The fraction of sp³-hybridized carbons (Fsp3) is 0.600. The van der Waals surface area contributed by atoms with Gasteiger partial charge in [0.25, 0.3) is 0 Å². The number of nitro benzene ring substituents is 1. The lowest BCUT2D eigenvalue weighted by Gasteiger charge is -2.23. The number of rotatable bonds is 6. The minimum Gasteiger partial charge on any atom is -0.484 e. The third kappa shape index (κ3) is 4.60. The second-order valence-corrected chi connectivity index (χ2v) is 5.70. The molecule has 1 heterocycles. The number of piperidine rings is 1. The van der Waals surface area contributed by atoms with Gasteiger partial charge in [0, 0.05) is 24.4 Å². The second kappa shape index (κ2) is 7.26.